The van der Waals surface area contributed by atoms with Crippen molar-refractivity contribution >= 4 is 20.8 Å². The van der Waals surface area contributed by atoms with Crippen LogP contribution in [0.5, 0.6) is 0 Å². The lowest BCUT2D eigenvalue weighted by atomic mass is 9.65. The first-order valence-corrected chi connectivity index (χ1v) is 19.8. The largest absolute Gasteiger partial charge is 0.0755 e. The van der Waals surface area contributed by atoms with Crippen LogP contribution >= 0.6 is 0 Å². The van der Waals surface area contributed by atoms with Crippen molar-refractivity contribution in [3.8, 4) is 0 Å². The summed E-state index contributed by atoms with van der Waals surface area (Å²) in [6, 6.07) is 28.7. The summed E-state index contributed by atoms with van der Waals surface area (Å²) < 4.78 is 0. The molecule has 1 heterocycles. The molecule has 3 aromatic carbocycles. The Hall–Kier alpha value is -2.69. The molecule has 1 fully saturated rings. The minimum absolute atomic E-state index is 0.0665. The van der Waals surface area contributed by atoms with E-state index >= 15 is 0 Å². The van der Waals surface area contributed by atoms with E-state index in [1.807, 2.05) is 0 Å². The maximum Gasteiger partial charge on any atom is 0.0610 e. The molecule has 1 aliphatic heterocycles. The molecule has 3 aromatic rings. The number of hydrogen-bond donors (Lipinski definition) is 0. The third-order valence-corrected chi connectivity index (χ3v) is 31.7. The van der Waals surface area contributed by atoms with Crippen LogP contribution in [0.1, 0.15) is 45.2 Å². The minimum atomic E-state index is -1.78. The number of benzene rings is 3. The van der Waals surface area contributed by atoms with Gasteiger partial charge in [0.25, 0.3) is 0 Å². The van der Waals surface area contributed by atoms with Crippen LogP contribution in [0, 0.1) is 0 Å². The predicted molar refractivity (Wildman–Crippen MR) is 147 cm³/mol. The van der Waals surface area contributed by atoms with Crippen LogP contribution in [-0.4, -0.2) is 15.2 Å². The summed E-state index contributed by atoms with van der Waals surface area (Å²) in [5.74, 6) is 0.699. The third-order valence-electron chi connectivity index (χ3n) is 11.1. The first-order valence-electron chi connectivity index (χ1n) is 12.8. The van der Waals surface area contributed by atoms with Gasteiger partial charge in [-0.3, -0.25) is 0 Å². The lowest BCUT2D eigenvalue weighted by molar-refractivity contribution is 0.505. The first kappa shape index (κ1) is 19.6. The van der Waals surface area contributed by atoms with Crippen LogP contribution in [0.25, 0.3) is 5.57 Å². The Balaban J connectivity index is 1.74. The molecule has 0 amide bonds. The standard InChI is InChI=1S/C32H30Si2/c1-33(2)31-20-19-21-17-18-24(22-11-7-9-15-27(22)31)29-23-12-5-6-13-25(23)30(21)32(31,34(33,3)4)28-16-10-8-14-26(28)29/h5-20,24,29H,1-4H3/b18-17+. The summed E-state index contributed by atoms with van der Waals surface area (Å²) in [7, 11) is -3.49. The van der Waals surface area contributed by atoms with E-state index in [0.717, 1.165) is 0 Å². The molecule has 0 saturated carbocycles. The molecule has 5 aliphatic rings. The highest BCUT2D eigenvalue weighted by Gasteiger charge is 2.84. The Morgan fingerprint density at radius 1 is 0.647 bits per heavy atom. The summed E-state index contributed by atoms with van der Waals surface area (Å²) in [6.45, 7) is 11.0. The molecule has 0 aromatic heterocycles. The van der Waals surface area contributed by atoms with Gasteiger partial charge < -0.3 is 0 Å². The molecule has 34 heavy (non-hydrogen) atoms. The van der Waals surface area contributed by atoms with E-state index < -0.39 is 15.2 Å². The normalized spacial score (nSPS) is 34.6. The van der Waals surface area contributed by atoms with Crippen molar-refractivity contribution in [3.05, 3.63) is 136 Å². The molecule has 3 bridgehead atoms. The van der Waals surface area contributed by atoms with Gasteiger partial charge in [0.2, 0.25) is 0 Å². The fourth-order valence-electron chi connectivity index (χ4n) is 9.44. The van der Waals surface area contributed by atoms with Gasteiger partial charge in [0.15, 0.2) is 0 Å². The minimum Gasteiger partial charge on any atom is -0.0755 e. The highest BCUT2D eigenvalue weighted by molar-refractivity contribution is 7.48. The Morgan fingerprint density at radius 2 is 1.29 bits per heavy atom. The highest BCUT2D eigenvalue weighted by Crippen LogP contribution is 2.77. The summed E-state index contributed by atoms with van der Waals surface area (Å²) in [5, 5.41) is 0.158. The Morgan fingerprint density at radius 3 is 2.09 bits per heavy atom. The number of allylic oxidation sites excluding steroid dienone is 6. The maximum absolute atomic E-state index is 2.75. The molecule has 0 radical (unpaired) electrons. The molecule has 1 saturated heterocycles. The lowest BCUT2D eigenvalue weighted by Gasteiger charge is -2.79. The Bertz CT molecular complexity index is 1530. The zero-order chi connectivity index (χ0) is 23.1. The van der Waals surface area contributed by atoms with Gasteiger partial charge in [0, 0.05) is 21.9 Å². The van der Waals surface area contributed by atoms with Gasteiger partial charge in [0.1, 0.15) is 0 Å². The van der Waals surface area contributed by atoms with Crippen molar-refractivity contribution in [2.75, 3.05) is 0 Å². The Kier molecular flexibility index (Phi) is 3.31. The second-order valence-electron chi connectivity index (χ2n) is 12.1. The van der Waals surface area contributed by atoms with Crippen molar-refractivity contribution < 1.29 is 0 Å². The molecular weight excluding hydrogens is 441 g/mol. The third kappa shape index (κ3) is 1.65. The van der Waals surface area contributed by atoms with E-state index in [1.165, 1.54) is 16.7 Å². The van der Waals surface area contributed by atoms with Crippen LogP contribution in [0.4, 0.5) is 0 Å². The summed E-state index contributed by atoms with van der Waals surface area (Å²) in [6.07, 6.45) is 10.3. The molecule has 4 aliphatic carbocycles. The number of hydrogen-bond acceptors (Lipinski definition) is 0. The zero-order valence-corrected chi connectivity index (χ0v) is 22.4. The van der Waals surface area contributed by atoms with Crippen molar-refractivity contribution in [1.29, 1.82) is 0 Å². The van der Waals surface area contributed by atoms with Gasteiger partial charge in [0.05, 0.1) is 15.2 Å². The predicted octanol–water partition coefficient (Wildman–Crippen LogP) is 7.59. The quantitative estimate of drug-likeness (QED) is 0.297. The molecule has 0 nitrogen and oxygen atoms in total. The number of fused-ring (bicyclic) bond motifs is 2. The molecule has 4 atom stereocenters. The van der Waals surface area contributed by atoms with Crippen LogP contribution < -0.4 is 0 Å². The van der Waals surface area contributed by atoms with Gasteiger partial charge in [-0.05, 0) is 44.5 Å². The monoisotopic (exact) mass is 470 g/mol. The van der Waals surface area contributed by atoms with Crippen molar-refractivity contribution in [2.45, 2.75) is 48.1 Å². The fraction of sp³-hybridized carbons (Fsp3) is 0.250. The SMILES string of the molecule is C[Si]1(C)C23C=CC4=C5c6ccccc6C(c6ccccc6C52[Si]1(C)C)C(/C=C/4)c1ccccc13. The van der Waals surface area contributed by atoms with Crippen LogP contribution in [0.15, 0.2) is 103 Å². The first-order chi connectivity index (χ1) is 16.4. The molecule has 1 spiro atoms. The summed E-state index contributed by atoms with van der Waals surface area (Å²) in [4.78, 5) is 0. The second kappa shape index (κ2) is 5.75. The molecule has 2 heteroatoms. The Labute approximate surface area is 204 Å². The number of rotatable bonds is 0. The molecule has 4 unspecified atom stereocenters. The zero-order valence-electron chi connectivity index (χ0n) is 20.4. The highest BCUT2D eigenvalue weighted by atomic mass is 29.3. The van der Waals surface area contributed by atoms with Gasteiger partial charge in [-0.25, -0.2) is 0 Å². The average Bonchev–Trinajstić information content (AvgIpc) is 2.87. The molecular formula is C32H30Si2. The molecule has 166 valence electrons. The molecule has 0 N–H and O–H groups in total. The van der Waals surface area contributed by atoms with Crippen molar-refractivity contribution in [3.63, 3.8) is 0 Å². The van der Waals surface area contributed by atoms with Gasteiger partial charge in [-0.2, -0.15) is 0 Å². The van der Waals surface area contributed by atoms with Crippen LogP contribution in [0.3, 0.4) is 0 Å². The van der Waals surface area contributed by atoms with E-state index in [-0.39, 0.29) is 10.1 Å². The fourth-order valence-corrected chi connectivity index (χ4v) is 26.3. The van der Waals surface area contributed by atoms with Crippen molar-refractivity contribution in [2.24, 2.45) is 0 Å². The topological polar surface area (TPSA) is 0 Å². The lowest BCUT2D eigenvalue weighted by Crippen LogP contribution is -2.94. The van der Waals surface area contributed by atoms with Gasteiger partial charge in [-0.1, -0.05) is 123 Å². The average molecular weight is 471 g/mol. The van der Waals surface area contributed by atoms with Crippen molar-refractivity contribution in [1.82, 2.24) is 0 Å². The van der Waals surface area contributed by atoms with E-state index in [0.29, 0.717) is 11.8 Å². The van der Waals surface area contributed by atoms with E-state index in [9.17, 15) is 0 Å². The van der Waals surface area contributed by atoms with Crippen LogP contribution in [-0.2, 0) is 10.1 Å². The maximum atomic E-state index is 2.75. The van der Waals surface area contributed by atoms with Gasteiger partial charge >= 0.3 is 0 Å². The van der Waals surface area contributed by atoms with Gasteiger partial charge in [-0.15, -0.1) is 0 Å². The molecule has 8 rings (SSSR count). The van der Waals surface area contributed by atoms with E-state index in [4.69, 9.17) is 0 Å². The second-order valence-corrected chi connectivity index (χ2v) is 27.6. The van der Waals surface area contributed by atoms with E-state index in [1.54, 1.807) is 27.8 Å². The van der Waals surface area contributed by atoms with E-state index in [2.05, 4.69) is 123 Å². The van der Waals surface area contributed by atoms with Crippen LogP contribution in [0.2, 0.25) is 26.2 Å². The summed E-state index contributed by atoms with van der Waals surface area (Å²) in [5.41, 5.74) is 12.6. The smallest absolute Gasteiger partial charge is 0.0610 e. The summed E-state index contributed by atoms with van der Waals surface area (Å²) >= 11 is 0.